The van der Waals surface area contributed by atoms with Crippen LogP contribution in [-0.2, 0) is 19.7 Å². The number of nitrogens with zero attached hydrogens (tertiary/aromatic N) is 1. The minimum Gasteiger partial charge on any atom is -0.462 e. The largest absolute Gasteiger partial charge is 0.462 e. The lowest BCUT2D eigenvalue weighted by Gasteiger charge is -2.30. The number of hydrogen-bond donors (Lipinski definition) is 1. The van der Waals surface area contributed by atoms with E-state index in [1.165, 1.54) is 16.7 Å². The zero-order valence-electron chi connectivity index (χ0n) is 20.4. The van der Waals surface area contributed by atoms with Crippen molar-refractivity contribution in [1.82, 2.24) is 4.98 Å². The Labute approximate surface area is 216 Å². The third-order valence-electron chi connectivity index (χ3n) is 6.60. The van der Waals surface area contributed by atoms with Crippen LogP contribution in [0.25, 0.3) is 0 Å². The summed E-state index contributed by atoms with van der Waals surface area (Å²) in [6.07, 6.45) is 0. The second-order valence-electron chi connectivity index (χ2n) is 9.90. The standard InChI is InChI=1S/C27H26N2O5S2/c1-5-34-25(32)15-8-12-17(13-9-15)29-23(30)19-18(14-6-10-16(11-7-14)27(2,3)4)20-22(28-26(33)36-20)35-21(19)24(29)31/h6-13,18-19,21H,5H2,1-4H3,(H,28,33)/t18-,19-,21+/m0/s1. The van der Waals surface area contributed by atoms with Gasteiger partial charge in [-0.05, 0) is 47.7 Å². The number of thioether (sulfide) groups is 1. The number of fused-ring (bicyclic) bond motifs is 2. The highest BCUT2D eigenvalue weighted by atomic mass is 32.2. The molecule has 0 radical (unpaired) electrons. The molecular formula is C27H26N2O5S2. The molecule has 1 fully saturated rings. The Morgan fingerprint density at radius 3 is 2.28 bits per heavy atom. The van der Waals surface area contributed by atoms with Gasteiger partial charge in [-0.1, -0.05) is 68.1 Å². The monoisotopic (exact) mass is 522 g/mol. The van der Waals surface area contributed by atoms with Gasteiger partial charge in [-0.3, -0.25) is 14.4 Å². The molecule has 1 saturated heterocycles. The number of nitrogens with one attached hydrogen (secondary N) is 1. The number of ether oxygens (including phenoxy) is 1. The van der Waals surface area contributed by atoms with Gasteiger partial charge in [-0.25, -0.2) is 9.69 Å². The normalized spacial score (nSPS) is 21.3. The van der Waals surface area contributed by atoms with Crippen molar-refractivity contribution in [3.63, 3.8) is 0 Å². The molecule has 7 nitrogen and oxygen atoms in total. The van der Waals surface area contributed by atoms with Crippen molar-refractivity contribution in [3.8, 4) is 0 Å². The molecule has 3 heterocycles. The van der Waals surface area contributed by atoms with Crippen LogP contribution in [-0.4, -0.2) is 34.6 Å². The second kappa shape index (κ2) is 9.05. The van der Waals surface area contributed by atoms with Gasteiger partial charge >= 0.3 is 10.8 Å². The summed E-state index contributed by atoms with van der Waals surface area (Å²) in [5.74, 6) is -2.15. The number of thiazole rings is 1. The SMILES string of the molecule is CCOC(=O)c1ccc(N2C(=O)[C@H]3[C@H](c4ccc(C(C)(C)C)cc4)c4sc(=O)[nH]c4S[C@H]3C2=O)cc1. The zero-order chi connectivity index (χ0) is 25.8. The molecule has 0 bridgehead atoms. The maximum Gasteiger partial charge on any atom is 0.338 e. The van der Waals surface area contributed by atoms with E-state index in [1.807, 2.05) is 24.3 Å². The van der Waals surface area contributed by atoms with Gasteiger partial charge in [0.1, 0.15) is 5.25 Å². The van der Waals surface area contributed by atoms with E-state index in [0.717, 1.165) is 27.3 Å². The van der Waals surface area contributed by atoms with Gasteiger partial charge in [0.25, 0.3) is 0 Å². The van der Waals surface area contributed by atoms with Crippen molar-refractivity contribution in [2.75, 3.05) is 11.5 Å². The number of amides is 2. The van der Waals surface area contributed by atoms with Crippen molar-refractivity contribution >= 4 is 46.6 Å². The third kappa shape index (κ3) is 4.10. The highest BCUT2D eigenvalue weighted by Crippen LogP contribution is 2.53. The van der Waals surface area contributed by atoms with Crippen molar-refractivity contribution in [3.05, 3.63) is 79.8 Å². The summed E-state index contributed by atoms with van der Waals surface area (Å²) in [6, 6.07) is 14.4. The molecule has 0 unspecified atom stereocenters. The molecule has 3 aromatic rings. The first-order chi connectivity index (χ1) is 17.1. The number of imide groups is 1. The number of anilines is 1. The first kappa shape index (κ1) is 24.5. The predicted molar refractivity (Wildman–Crippen MR) is 140 cm³/mol. The summed E-state index contributed by atoms with van der Waals surface area (Å²) in [5, 5.41) is -0.0101. The smallest absolute Gasteiger partial charge is 0.338 e. The molecule has 2 aliphatic heterocycles. The molecule has 2 aromatic carbocycles. The molecule has 1 N–H and O–H groups in total. The molecule has 1 aromatic heterocycles. The zero-order valence-corrected chi connectivity index (χ0v) is 22.0. The quantitative estimate of drug-likeness (QED) is 0.394. The number of benzene rings is 2. The Balaban J connectivity index is 1.54. The van der Waals surface area contributed by atoms with E-state index in [0.29, 0.717) is 16.3 Å². The van der Waals surface area contributed by atoms with Crippen LogP contribution < -0.4 is 9.77 Å². The number of hydrogen-bond acceptors (Lipinski definition) is 7. The molecule has 2 amide bonds. The van der Waals surface area contributed by atoms with Crippen molar-refractivity contribution in [1.29, 1.82) is 0 Å². The summed E-state index contributed by atoms with van der Waals surface area (Å²) < 4.78 is 5.02. The van der Waals surface area contributed by atoms with E-state index in [-0.39, 0.29) is 28.7 Å². The van der Waals surface area contributed by atoms with Crippen LogP contribution >= 0.6 is 23.1 Å². The van der Waals surface area contributed by atoms with E-state index < -0.39 is 23.1 Å². The molecule has 186 valence electrons. The molecule has 3 atom stereocenters. The van der Waals surface area contributed by atoms with E-state index in [1.54, 1.807) is 31.2 Å². The van der Waals surface area contributed by atoms with Gasteiger partial charge in [0.15, 0.2) is 0 Å². The van der Waals surface area contributed by atoms with Gasteiger partial charge in [0.2, 0.25) is 11.8 Å². The molecule has 5 rings (SSSR count). The van der Waals surface area contributed by atoms with Gasteiger partial charge in [-0.15, -0.1) is 0 Å². The predicted octanol–water partition coefficient (Wildman–Crippen LogP) is 4.71. The van der Waals surface area contributed by atoms with Crippen LogP contribution in [0.1, 0.15) is 60.0 Å². The summed E-state index contributed by atoms with van der Waals surface area (Å²) in [5.41, 5.74) is 2.79. The Bertz CT molecular complexity index is 1400. The molecule has 0 saturated carbocycles. The fraction of sp³-hybridized carbons (Fsp3) is 0.333. The number of carbonyl (C=O) groups is 3. The highest BCUT2D eigenvalue weighted by Gasteiger charge is 2.56. The lowest BCUT2D eigenvalue weighted by molar-refractivity contribution is -0.122. The van der Waals surface area contributed by atoms with Crippen LogP contribution in [0.5, 0.6) is 0 Å². The minimum atomic E-state index is -0.660. The maximum atomic E-state index is 13.8. The van der Waals surface area contributed by atoms with E-state index in [2.05, 4.69) is 25.8 Å². The van der Waals surface area contributed by atoms with Crippen molar-refractivity contribution < 1.29 is 19.1 Å². The Kier molecular flexibility index (Phi) is 6.16. The highest BCUT2D eigenvalue weighted by molar-refractivity contribution is 8.00. The molecule has 0 spiro atoms. The molecule has 36 heavy (non-hydrogen) atoms. The van der Waals surface area contributed by atoms with E-state index >= 15 is 0 Å². The fourth-order valence-corrected chi connectivity index (χ4v) is 7.30. The number of carbonyl (C=O) groups excluding carboxylic acids is 3. The number of H-pyrrole nitrogens is 1. The van der Waals surface area contributed by atoms with Crippen LogP contribution in [0.4, 0.5) is 5.69 Å². The summed E-state index contributed by atoms with van der Waals surface area (Å²) in [7, 11) is 0. The lowest BCUT2D eigenvalue weighted by Crippen LogP contribution is -2.32. The van der Waals surface area contributed by atoms with Crippen LogP contribution in [0.15, 0.2) is 58.4 Å². The van der Waals surface area contributed by atoms with E-state index in [4.69, 9.17) is 4.74 Å². The number of aromatic amines is 1. The summed E-state index contributed by atoms with van der Waals surface area (Å²) >= 11 is 2.34. The average molecular weight is 523 g/mol. The molecular weight excluding hydrogens is 496 g/mol. The van der Waals surface area contributed by atoms with Crippen molar-refractivity contribution in [2.24, 2.45) is 5.92 Å². The topological polar surface area (TPSA) is 96.5 Å². The number of rotatable bonds is 4. The molecule has 2 aliphatic rings. The second-order valence-corrected chi connectivity index (χ2v) is 12.1. The van der Waals surface area contributed by atoms with Crippen LogP contribution in [0.3, 0.4) is 0 Å². The number of aromatic nitrogens is 1. The fourth-order valence-electron chi connectivity index (χ4n) is 4.78. The first-order valence-electron chi connectivity index (χ1n) is 11.7. The van der Waals surface area contributed by atoms with Crippen LogP contribution in [0, 0.1) is 5.92 Å². The van der Waals surface area contributed by atoms with Crippen molar-refractivity contribution in [2.45, 2.75) is 49.3 Å². The molecule has 9 heteroatoms. The van der Waals surface area contributed by atoms with Gasteiger partial charge in [0, 0.05) is 10.8 Å². The Hall–Kier alpha value is -3.17. The van der Waals surface area contributed by atoms with E-state index in [9.17, 15) is 19.2 Å². The maximum absolute atomic E-state index is 13.8. The van der Waals surface area contributed by atoms with Gasteiger partial charge < -0.3 is 9.72 Å². The Morgan fingerprint density at radius 1 is 1.00 bits per heavy atom. The van der Waals surface area contributed by atoms with Gasteiger partial charge in [-0.2, -0.15) is 0 Å². The van der Waals surface area contributed by atoms with Crippen LogP contribution in [0.2, 0.25) is 0 Å². The average Bonchev–Trinajstić information content (AvgIpc) is 3.33. The summed E-state index contributed by atoms with van der Waals surface area (Å²) in [4.78, 5) is 56.3. The first-order valence-corrected chi connectivity index (χ1v) is 13.4. The number of esters is 1. The van der Waals surface area contributed by atoms with Gasteiger partial charge in [0.05, 0.1) is 28.8 Å². The Morgan fingerprint density at radius 2 is 1.67 bits per heavy atom. The minimum absolute atomic E-state index is 0.0286. The molecule has 0 aliphatic carbocycles. The third-order valence-corrected chi connectivity index (χ3v) is 9.00. The lowest BCUT2D eigenvalue weighted by atomic mass is 9.81. The summed E-state index contributed by atoms with van der Waals surface area (Å²) in [6.45, 7) is 8.39.